The van der Waals surface area contributed by atoms with E-state index >= 15 is 0 Å². The number of hydrogen-bond acceptors (Lipinski definition) is 3. The highest BCUT2D eigenvalue weighted by molar-refractivity contribution is 14.1. The molecule has 1 saturated heterocycles. The van der Waals surface area contributed by atoms with Gasteiger partial charge in [0.1, 0.15) is 0 Å². The first kappa shape index (κ1) is 15.4. The van der Waals surface area contributed by atoms with E-state index in [-0.39, 0.29) is 0 Å². The van der Waals surface area contributed by atoms with Crippen LogP contribution in [0.25, 0.3) is 0 Å². The molecule has 1 aromatic heterocycles. The van der Waals surface area contributed by atoms with Crippen LogP contribution in [-0.4, -0.2) is 37.1 Å². The molecule has 0 saturated carbocycles. The van der Waals surface area contributed by atoms with Crippen molar-refractivity contribution < 1.29 is 0 Å². The van der Waals surface area contributed by atoms with E-state index < -0.39 is 0 Å². The first-order valence-corrected chi connectivity index (χ1v) is 9.52. The van der Waals surface area contributed by atoms with Crippen LogP contribution in [-0.2, 0) is 6.42 Å². The third-order valence-corrected chi connectivity index (χ3v) is 6.39. The van der Waals surface area contributed by atoms with Gasteiger partial charge in [0.2, 0.25) is 0 Å². The van der Waals surface area contributed by atoms with Crippen LogP contribution >= 0.6 is 45.7 Å². The Labute approximate surface area is 137 Å². The molecule has 1 atom stereocenters. The Morgan fingerprint density at radius 2 is 2.37 bits per heavy atom. The van der Waals surface area contributed by atoms with E-state index in [0.717, 1.165) is 30.7 Å². The van der Waals surface area contributed by atoms with Crippen LogP contribution in [0.3, 0.4) is 0 Å². The van der Waals surface area contributed by atoms with Gasteiger partial charge in [0.15, 0.2) is 5.96 Å². The highest BCUT2D eigenvalue weighted by Gasteiger charge is 2.15. The quantitative estimate of drug-likeness (QED) is 0.446. The minimum absolute atomic E-state index is 0.762. The normalized spacial score (nSPS) is 19.7. The third-order valence-electron chi connectivity index (χ3n) is 3.04. The van der Waals surface area contributed by atoms with Gasteiger partial charge < -0.3 is 10.6 Å². The highest BCUT2D eigenvalue weighted by Crippen LogP contribution is 2.25. The molecule has 3 nitrogen and oxygen atoms in total. The number of hydrogen-bond donors (Lipinski definition) is 2. The second-order valence-electron chi connectivity index (χ2n) is 4.47. The largest absolute Gasteiger partial charge is 0.356 e. The number of guanidine groups is 1. The topological polar surface area (TPSA) is 36.4 Å². The van der Waals surface area contributed by atoms with Gasteiger partial charge in [-0.15, -0.1) is 11.3 Å². The molecule has 1 fully saturated rings. The maximum Gasteiger partial charge on any atom is 0.191 e. The van der Waals surface area contributed by atoms with Crippen LogP contribution in [0.5, 0.6) is 0 Å². The Morgan fingerprint density at radius 3 is 3.00 bits per heavy atom. The number of thioether (sulfide) groups is 1. The van der Waals surface area contributed by atoms with E-state index in [2.05, 4.69) is 62.1 Å². The monoisotopic (exact) mass is 409 g/mol. The number of nitrogens with one attached hydrogen (secondary N) is 2. The molecule has 0 bridgehead atoms. The van der Waals surface area contributed by atoms with Crippen molar-refractivity contribution in [2.75, 3.05) is 25.9 Å². The number of halogens is 1. The zero-order valence-corrected chi connectivity index (χ0v) is 14.9. The molecule has 1 unspecified atom stereocenters. The lowest BCUT2D eigenvalue weighted by Gasteiger charge is -2.14. The average Bonchev–Trinajstić information content (AvgIpc) is 3.05. The van der Waals surface area contributed by atoms with E-state index in [1.165, 1.54) is 26.4 Å². The minimum Gasteiger partial charge on any atom is -0.356 e. The SMILES string of the molecule is CN=C(NCCc1ccc(I)s1)NCC1CCCS1. The molecule has 1 aromatic rings. The average molecular weight is 409 g/mol. The van der Waals surface area contributed by atoms with Gasteiger partial charge in [-0.2, -0.15) is 11.8 Å². The Kier molecular flexibility index (Phi) is 6.79. The molecule has 0 amide bonds. The molecular formula is C13H20IN3S2. The summed E-state index contributed by atoms with van der Waals surface area (Å²) in [5, 5.41) is 7.57. The van der Waals surface area contributed by atoms with Crippen molar-refractivity contribution in [1.82, 2.24) is 10.6 Å². The lowest BCUT2D eigenvalue weighted by atomic mass is 10.2. The van der Waals surface area contributed by atoms with E-state index in [4.69, 9.17) is 0 Å². The van der Waals surface area contributed by atoms with E-state index in [9.17, 15) is 0 Å². The van der Waals surface area contributed by atoms with Gasteiger partial charge in [-0.05, 0) is 59.7 Å². The summed E-state index contributed by atoms with van der Waals surface area (Å²) < 4.78 is 1.35. The molecule has 2 N–H and O–H groups in total. The third kappa shape index (κ3) is 5.51. The summed E-state index contributed by atoms with van der Waals surface area (Å²) in [5.41, 5.74) is 0. The molecule has 0 aliphatic carbocycles. The Morgan fingerprint density at radius 1 is 1.47 bits per heavy atom. The van der Waals surface area contributed by atoms with Gasteiger partial charge in [0, 0.05) is 30.3 Å². The molecule has 0 spiro atoms. The second-order valence-corrected chi connectivity index (χ2v) is 8.94. The van der Waals surface area contributed by atoms with Crippen molar-refractivity contribution in [3.8, 4) is 0 Å². The van der Waals surface area contributed by atoms with Crippen LogP contribution in [0.4, 0.5) is 0 Å². The fraction of sp³-hybridized carbons (Fsp3) is 0.615. The molecule has 106 valence electrons. The molecule has 0 aromatic carbocycles. The van der Waals surface area contributed by atoms with Crippen molar-refractivity contribution >= 4 is 51.6 Å². The van der Waals surface area contributed by atoms with E-state index in [0.29, 0.717) is 0 Å². The van der Waals surface area contributed by atoms with Crippen molar-refractivity contribution in [3.63, 3.8) is 0 Å². The fourth-order valence-electron chi connectivity index (χ4n) is 2.03. The first-order chi connectivity index (χ1) is 9.28. The van der Waals surface area contributed by atoms with Crippen LogP contribution in [0.15, 0.2) is 17.1 Å². The van der Waals surface area contributed by atoms with Crippen molar-refractivity contribution in [1.29, 1.82) is 0 Å². The van der Waals surface area contributed by atoms with Gasteiger partial charge >= 0.3 is 0 Å². The van der Waals surface area contributed by atoms with E-state index in [1.54, 1.807) is 0 Å². The Balaban J connectivity index is 1.64. The number of rotatable bonds is 5. The summed E-state index contributed by atoms with van der Waals surface area (Å²) in [6, 6.07) is 4.38. The zero-order chi connectivity index (χ0) is 13.5. The van der Waals surface area contributed by atoms with Crippen molar-refractivity contribution in [2.24, 2.45) is 4.99 Å². The fourth-order valence-corrected chi connectivity index (χ4v) is 4.98. The molecule has 2 heterocycles. The van der Waals surface area contributed by atoms with Gasteiger partial charge in [0.25, 0.3) is 0 Å². The van der Waals surface area contributed by atoms with Crippen LogP contribution in [0.2, 0.25) is 0 Å². The van der Waals surface area contributed by atoms with Crippen molar-refractivity contribution in [3.05, 3.63) is 19.9 Å². The minimum atomic E-state index is 0.762. The lowest BCUT2D eigenvalue weighted by molar-refractivity contribution is 0.725. The summed E-state index contributed by atoms with van der Waals surface area (Å²) in [6.07, 6.45) is 3.76. The predicted octanol–water partition coefficient (Wildman–Crippen LogP) is 2.96. The molecule has 1 aliphatic rings. The summed E-state index contributed by atoms with van der Waals surface area (Å²) in [7, 11) is 1.84. The molecule has 0 radical (unpaired) electrons. The van der Waals surface area contributed by atoms with Crippen LogP contribution < -0.4 is 10.6 Å². The summed E-state index contributed by atoms with van der Waals surface area (Å²) in [5.74, 6) is 2.24. The number of thiophene rings is 1. The first-order valence-electron chi connectivity index (χ1n) is 6.58. The highest BCUT2D eigenvalue weighted by atomic mass is 127. The summed E-state index contributed by atoms with van der Waals surface area (Å²) in [4.78, 5) is 5.70. The van der Waals surface area contributed by atoms with Gasteiger partial charge in [-0.25, -0.2) is 0 Å². The van der Waals surface area contributed by atoms with Crippen LogP contribution in [0.1, 0.15) is 17.7 Å². The standard InChI is InChI=1S/C13H20IN3S2/c1-15-13(17-9-11-3-2-8-18-11)16-7-6-10-4-5-12(14)19-10/h4-5,11H,2-3,6-9H2,1H3,(H2,15,16,17). The van der Waals surface area contributed by atoms with Gasteiger partial charge in [0.05, 0.1) is 2.88 Å². The molecule has 19 heavy (non-hydrogen) atoms. The smallest absolute Gasteiger partial charge is 0.191 e. The number of nitrogens with zero attached hydrogens (tertiary/aromatic N) is 1. The lowest BCUT2D eigenvalue weighted by Crippen LogP contribution is -2.40. The Hall–Kier alpha value is 0.0500. The molecule has 6 heteroatoms. The summed E-state index contributed by atoms with van der Waals surface area (Å²) in [6.45, 7) is 1.97. The van der Waals surface area contributed by atoms with Crippen molar-refractivity contribution in [2.45, 2.75) is 24.5 Å². The maximum atomic E-state index is 4.27. The molecule has 1 aliphatic heterocycles. The summed E-state index contributed by atoms with van der Waals surface area (Å²) >= 11 is 6.31. The molecule has 2 rings (SSSR count). The molecular weight excluding hydrogens is 389 g/mol. The van der Waals surface area contributed by atoms with Crippen LogP contribution in [0, 0.1) is 2.88 Å². The predicted molar refractivity (Wildman–Crippen MR) is 95.6 cm³/mol. The van der Waals surface area contributed by atoms with Gasteiger partial charge in [-0.3, -0.25) is 4.99 Å². The number of aliphatic imine (C=N–C) groups is 1. The van der Waals surface area contributed by atoms with Gasteiger partial charge in [-0.1, -0.05) is 0 Å². The second kappa shape index (κ2) is 8.36. The van der Waals surface area contributed by atoms with E-state index in [1.807, 2.05) is 18.4 Å². The maximum absolute atomic E-state index is 4.27. The zero-order valence-electron chi connectivity index (χ0n) is 11.1. The Bertz CT molecular complexity index is 414.